The second-order valence-electron chi connectivity index (χ2n) is 5.05. The summed E-state index contributed by atoms with van der Waals surface area (Å²) in [6.45, 7) is 2.54. The topological polar surface area (TPSA) is 58.6 Å². The molecule has 2 amide bonds. The Hall–Kier alpha value is -2.18. The zero-order valence-electron chi connectivity index (χ0n) is 12.3. The Morgan fingerprint density at radius 3 is 2.68 bits per heavy atom. The van der Waals surface area contributed by atoms with Crippen LogP contribution in [0.5, 0.6) is 0 Å². The first kappa shape index (κ1) is 16.2. The number of nitrogens with one attached hydrogen (secondary N) is 1. The smallest absolute Gasteiger partial charge is 0.407 e. The number of likely N-dealkylation sites (tertiary alicyclic amines) is 1. The molecule has 1 atom stereocenters. The van der Waals surface area contributed by atoms with Crippen molar-refractivity contribution in [1.29, 1.82) is 0 Å². The number of alkyl carbamates (subject to hydrolysis) is 1. The number of nitrogens with zero attached hydrogens (tertiary/aromatic N) is 1. The van der Waals surface area contributed by atoms with Crippen molar-refractivity contribution in [1.82, 2.24) is 10.2 Å². The number of ether oxygens (including phenoxy) is 1. The maximum atomic E-state index is 13.7. The summed E-state index contributed by atoms with van der Waals surface area (Å²) in [4.78, 5) is 25.1. The van der Waals surface area contributed by atoms with Gasteiger partial charge >= 0.3 is 6.09 Å². The van der Waals surface area contributed by atoms with Crippen LogP contribution in [0.1, 0.15) is 30.1 Å². The molecule has 1 saturated heterocycles. The third kappa shape index (κ3) is 3.72. The van der Waals surface area contributed by atoms with Gasteiger partial charge in [0.25, 0.3) is 5.91 Å². The molecular weight excluding hydrogens is 294 g/mol. The van der Waals surface area contributed by atoms with Crippen molar-refractivity contribution in [3.8, 4) is 0 Å². The second kappa shape index (κ2) is 7.20. The summed E-state index contributed by atoms with van der Waals surface area (Å²) in [7, 11) is 0. The van der Waals surface area contributed by atoms with E-state index in [9.17, 15) is 18.4 Å². The predicted octanol–water partition coefficient (Wildman–Crippen LogP) is 2.32. The molecule has 2 rings (SSSR count). The maximum absolute atomic E-state index is 13.7. The van der Waals surface area contributed by atoms with E-state index in [1.54, 1.807) is 6.92 Å². The summed E-state index contributed by atoms with van der Waals surface area (Å²) in [6, 6.07) is 3.03. The van der Waals surface area contributed by atoms with Gasteiger partial charge in [-0.15, -0.1) is 0 Å². The van der Waals surface area contributed by atoms with Gasteiger partial charge in [-0.25, -0.2) is 13.6 Å². The molecule has 0 aliphatic carbocycles. The summed E-state index contributed by atoms with van der Waals surface area (Å²) in [5.74, 6) is -2.47. The molecule has 1 aromatic carbocycles. The number of amides is 2. The van der Waals surface area contributed by atoms with Gasteiger partial charge in [0.15, 0.2) is 0 Å². The summed E-state index contributed by atoms with van der Waals surface area (Å²) in [6.07, 6.45) is 0.764. The van der Waals surface area contributed by atoms with Crippen LogP contribution in [0.15, 0.2) is 18.2 Å². The van der Waals surface area contributed by atoms with Crippen molar-refractivity contribution in [3.05, 3.63) is 35.4 Å². The van der Waals surface area contributed by atoms with Crippen molar-refractivity contribution in [3.63, 3.8) is 0 Å². The largest absolute Gasteiger partial charge is 0.450 e. The zero-order chi connectivity index (χ0) is 16.1. The van der Waals surface area contributed by atoms with E-state index in [0.29, 0.717) is 19.4 Å². The van der Waals surface area contributed by atoms with Crippen LogP contribution in [-0.2, 0) is 4.74 Å². The number of carbonyl (C=O) groups is 2. The lowest BCUT2D eigenvalue weighted by molar-refractivity contribution is 0.0676. The Bertz CT molecular complexity index is 545. The second-order valence-corrected chi connectivity index (χ2v) is 5.05. The Morgan fingerprint density at radius 1 is 1.36 bits per heavy atom. The number of halogens is 2. The van der Waals surface area contributed by atoms with E-state index in [4.69, 9.17) is 4.74 Å². The molecule has 1 unspecified atom stereocenters. The number of benzene rings is 1. The van der Waals surface area contributed by atoms with E-state index in [-0.39, 0.29) is 19.2 Å². The summed E-state index contributed by atoms with van der Waals surface area (Å²) in [5.41, 5.74) is -0.556. The monoisotopic (exact) mass is 312 g/mol. The highest BCUT2D eigenvalue weighted by Crippen LogP contribution is 2.18. The lowest BCUT2D eigenvalue weighted by Gasteiger charge is -2.33. The fraction of sp³-hybridized carbons (Fsp3) is 0.467. The van der Waals surface area contributed by atoms with Crippen LogP contribution < -0.4 is 5.32 Å². The first-order chi connectivity index (χ1) is 10.5. The fourth-order valence-corrected chi connectivity index (χ4v) is 2.48. The normalized spacial score (nSPS) is 18.0. The average Bonchev–Trinajstić information content (AvgIpc) is 2.47. The minimum atomic E-state index is -0.884. The van der Waals surface area contributed by atoms with Crippen LogP contribution >= 0.6 is 0 Å². The highest BCUT2D eigenvalue weighted by atomic mass is 19.1. The van der Waals surface area contributed by atoms with Gasteiger partial charge in [0.05, 0.1) is 6.61 Å². The molecule has 0 bridgehead atoms. The molecule has 120 valence electrons. The number of hydrogen-bond acceptors (Lipinski definition) is 3. The molecule has 1 heterocycles. The van der Waals surface area contributed by atoms with Crippen LogP contribution in [0.3, 0.4) is 0 Å². The van der Waals surface area contributed by atoms with Gasteiger partial charge in [0, 0.05) is 19.1 Å². The number of hydrogen-bond donors (Lipinski definition) is 1. The number of carbonyl (C=O) groups excluding carboxylic acids is 2. The first-order valence-electron chi connectivity index (χ1n) is 7.19. The molecule has 0 spiro atoms. The maximum Gasteiger partial charge on any atom is 0.407 e. The molecule has 1 aliphatic rings. The summed E-state index contributed by atoms with van der Waals surface area (Å²) < 4.78 is 32.2. The molecule has 7 heteroatoms. The van der Waals surface area contributed by atoms with Gasteiger partial charge < -0.3 is 15.0 Å². The van der Waals surface area contributed by atoms with Crippen LogP contribution in [0.25, 0.3) is 0 Å². The lowest BCUT2D eigenvalue weighted by Crippen LogP contribution is -2.50. The fourth-order valence-electron chi connectivity index (χ4n) is 2.48. The molecule has 1 N–H and O–H groups in total. The van der Waals surface area contributed by atoms with Gasteiger partial charge in [-0.05, 0) is 31.9 Å². The summed E-state index contributed by atoms with van der Waals surface area (Å²) >= 11 is 0. The van der Waals surface area contributed by atoms with Crippen molar-refractivity contribution in [2.24, 2.45) is 0 Å². The van der Waals surface area contributed by atoms with Gasteiger partial charge in [-0.3, -0.25) is 4.79 Å². The van der Waals surface area contributed by atoms with Crippen LogP contribution in [0.2, 0.25) is 0 Å². The van der Waals surface area contributed by atoms with Crippen molar-refractivity contribution in [2.45, 2.75) is 25.8 Å². The van der Waals surface area contributed by atoms with Gasteiger partial charge in [-0.1, -0.05) is 6.07 Å². The van der Waals surface area contributed by atoms with Crippen molar-refractivity contribution >= 4 is 12.0 Å². The first-order valence-corrected chi connectivity index (χ1v) is 7.19. The standard InChI is InChI=1S/C15H18F2N2O3/c1-2-22-15(21)18-10-5-4-8-19(9-10)14(20)13-11(16)6-3-7-12(13)17/h3,6-7,10H,2,4-5,8-9H2,1H3,(H,18,21). The van der Waals surface area contributed by atoms with E-state index in [1.165, 1.54) is 11.0 Å². The Balaban J connectivity index is 2.06. The Morgan fingerprint density at radius 2 is 2.05 bits per heavy atom. The highest BCUT2D eigenvalue weighted by Gasteiger charge is 2.28. The third-order valence-electron chi connectivity index (χ3n) is 3.48. The highest BCUT2D eigenvalue weighted by molar-refractivity contribution is 5.94. The average molecular weight is 312 g/mol. The molecule has 5 nitrogen and oxygen atoms in total. The van der Waals surface area contributed by atoms with Crippen LogP contribution in [-0.4, -0.2) is 42.6 Å². The zero-order valence-corrected chi connectivity index (χ0v) is 12.3. The summed E-state index contributed by atoms with van der Waals surface area (Å²) in [5, 5.41) is 2.64. The Kier molecular flexibility index (Phi) is 5.30. The molecule has 0 radical (unpaired) electrons. The van der Waals surface area contributed by atoms with E-state index in [1.807, 2.05) is 0 Å². The number of rotatable bonds is 3. The van der Waals surface area contributed by atoms with Crippen molar-refractivity contribution in [2.75, 3.05) is 19.7 Å². The lowest BCUT2D eigenvalue weighted by atomic mass is 10.0. The molecule has 1 aromatic rings. The quantitative estimate of drug-likeness (QED) is 0.932. The molecule has 1 aliphatic heterocycles. The van der Waals surface area contributed by atoms with Crippen LogP contribution in [0.4, 0.5) is 13.6 Å². The number of piperidine rings is 1. The van der Waals surface area contributed by atoms with E-state index in [0.717, 1.165) is 12.1 Å². The van der Waals surface area contributed by atoms with Gasteiger partial charge in [-0.2, -0.15) is 0 Å². The third-order valence-corrected chi connectivity index (χ3v) is 3.48. The molecular formula is C15H18F2N2O3. The Labute approximate surface area is 127 Å². The van der Waals surface area contributed by atoms with E-state index < -0.39 is 29.2 Å². The van der Waals surface area contributed by atoms with Crippen LogP contribution in [0, 0.1) is 11.6 Å². The predicted molar refractivity (Wildman–Crippen MR) is 75.4 cm³/mol. The van der Waals surface area contributed by atoms with E-state index >= 15 is 0 Å². The van der Waals surface area contributed by atoms with E-state index in [2.05, 4.69) is 5.32 Å². The molecule has 0 aromatic heterocycles. The molecule has 0 saturated carbocycles. The van der Waals surface area contributed by atoms with Gasteiger partial charge in [0.1, 0.15) is 17.2 Å². The molecule has 1 fully saturated rings. The van der Waals surface area contributed by atoms with Crippen molar-refractivity contribution < 1.29 is 23.1 Å². The molecule has 22 heavy (non-hydrogen) atoms. The minimum absolute atomic E-state index is 0.200. The SMILES string of the molecule is CCOC(=O)NC1CCCN(C(=O)c2c(F)cccc2F)C1. The minimum Gasteiger partial charge on any atom is -0.450 e. The van der Waals surface area contributed by atoms with Gasteiger partial charge in [0.2, 0.25) is 0 Å².